The van der Waals surface area contributed by atoms with Crippen LogP contribution < -0.4 is 10.5 Å². The minimum Gasteiger partial charge on any atom is -0.414 e. The minimum absolute atomic E-state index is 0.0714. The number of rotatable bonds is 7. The molecule has 0 spiro atoms. The summed E-state index contributed by atoms with van der Waals surface area (Å²) in [4.78, 5) is 18.8. The van der Waals surface area contributed by atoms with Gasteiger partial charge < -0.3 is 13.6 Å². The molecule has 0 radical (unpaired) electrons. The second kappa shape index (κ2) is 9.27. The first-order valence-corrected chi connectivity index (χ1v) is 17.1. The normalized spacial score (nSPS) is 23.3. The maximum atomic E-state index is 12.5. The highest BCUT2D eigenvalue weighted by atomic mass is 35.5. The summed E-state index contributed by atoms with van der Waals surface area (Å²) in [7, 11) is -3.99. The van der Waals surface area contributed by atoms with E-state index in [1.165, 1.54) is 4.57 Å². The smallest absolute Gasteiger partial charge is 0.351 e. The fourth-order valence-electron chi connectivity index (χ4n) is 2.89. The predicted molar refractivity (Wildman–Crippen MR) is 132 cm³/mol. The number of nitrogens with one attached hydrogen (secondary N) is 1. The van der Waals surface area contributed by atoms with Gasteiger partial charge in [0.25, 0.3) is 0 Å². The van der Waals surface area contributed by atoms with Gasteiger partial charge in [-0.25, -0.2) is 4.79 Å². The summed E-state index contributed by atoms with van der Waals surface area (Å²) in [6, 6.07) is 1.65. The van der Waals surface area contributed by atoms with Crippen LogP contribution in [0.25, 0.3) is 0 Å². The van der Waals surface area contributed by atoms with E-state index in [1.54, 1.807) is 12.3 Å². The highest BCUT2D eigenvalue weighted by molar-refractivity contribution is 6.74. The molecule has 1 saturated heterocycles. The lowest BCUT2D eigenvalue weighted by atomic mass is 10.2. The van der Waals surface area contributed by atoms with Crippen molar-refractivity contribution in [1.29, 1.82) is 0 Å². The second-order valence-electron chi connectivity index (χ2n) is 11.4. The van der Waals surface area contributed by atoms with Crippen LogP contribution >= 0.6 is 11.8 Å². The van der Waals surface area contributed by atoms with E-state index in [0.29, 0.717) is 18.8 Å². The first kappa shape index (κ1) is 26.5. The van der Waals surface area contributed by atoms with Crippen LogP contribution in [-0.4, -0.2) is 45.0 Å². The zero-order chi connectivity index (χ0) is 23.8. The van der Waals surface area contributed by atoms with E-state index in [9.17, 15) is 4.79 Å². The molecule has 1 aromatic rings. The molecule has 0 saturated carbocycles. The number of hydrogen-bond acceptors (Lipinski definition) is 6. The maximum Gasteiger partial charge on any atom is 0.351 e. The summed E-state index contributed by atoms with van der Waals surface area (Å²) >= 11 is 5.57. The Kier molecular flexibility index (Phi) is 7.93. The van der Waals surface area contributed by atoms with Gasteiger partial charge in [0.05, 0.1) is 12.7 Å². The van der Waals surface area contributed by atoms with Crippen molar-refractivity contribution in [3.05, 3.63) is 22.7 Å². The van der Waals surface area contributed by atoms with Gasteiger partial charge in [0.2, 0.25) is 0 Å². The largest absolute Gasteiger partial charge is 0.414 e. The van der Waals surface area contributed by atoms with Gasteiger partial charge in [-0.1, -0.05) is 41.5 Å². The third-order valence-corrected chi connectivity index (χ3v) is 16.3. The molecule has 178 valence electrons. The molecule has 1 aliphatic rings. The van der Waals surface area contributed by atoms with E-state index in [-0.39, 0.29) is 22.3 Å². The van der Waals surface area contributed by atoms with E-state index >= 15 is 0 Å². The van der Waals surface area contributed by atoms with Crippen molar-refractivity contribution in [3.8, 4) is 0 Å². The van der Waals surface area contributed by atoms with Gasteiger partial charge in [-0.05, 0) is 42.3 Å². The van der Waals surface area contributed by atoms with Crippen LogP contribution in [0, 0.1) is 0 Å². The SMILES string of the molecule is CC(C)(C)[Si](C)(C)OC[C@H]1O[C@@H](n2ccc([15NH]Cl)nc2=O)C[C@@H]1O[Si](C)(C)C(C)(C)C. The topological polar surface area (TPSA) is 74.6 Å². The molecule has 3 atom stereocenters. The molecule has 1 aromatic heterocycles. The van der Waals surface area contributed by atoms with Crippen LogP contribution in [0.1, 0.15) is 54.2 Å². The number of nitrogens with zero attached hydrogens (tertiary/aromatic N) is 2. The van der Waals surface area contributed by atoms with Gasteiger partial charge >= 0.3 is 5.69 Å². The lowest BCUT2D eigenvalue weighted by Gasteiger charge is -2.40. The molecule has 0 bridgehead atoms. The van der Waals surface area contributed by atoms with Gasteiger partial charge in [-0.3, -0.25) is 9.40 Å². The summed E-state index contributed by atoms with van der Waals surface area (Å²) in [5, 5.41) is 0.175. The third-order valence-electron chi connectivity index (χ3n) is 7.08. The molecule has 7 nitrogen and oxygen atoms in total. The Hall–Kier alpha value is -0.716. The standard InChI is InChI=1S/C21H40ClN3O4Si2/c1-20(2,3)30(7,8)27-14-16-15(29-31(9,10)21(4,5)6)13-18(28-16)25-12-11-17(24-22)23-19(25)26/h11-12,15-16,18H,13-14H2,1-10H3,(H,23,24,26)/t15-,16+,18+/m0/s1/i24+1. The van der Waals surface area contributed by atoms with Crippen molar-refractivity contribution in [2.24, 2.45) is 0 Å². The molecule has 1 aliphatic heterocycles. The zero-order valence-electron chi connectivity index (χ0n) is 20.7. The van der Waals surface area contributed by atoms with Gasteiger partial charge in [-0.2, -0.15) is 4.98 Å². The van der Waals surface area contributed by atoms with Gasteiger partial charge in [0.1, 0.15) is 18.1 Å². The molecular weight excluding hydrogens is 451 g/mol. The summed E-state index contributed by atoms with van der Waals surface area (Å²) in [6.07, 6.45) is 1.39. The lowest BCUT2D eigenvalue weighted by Crippen LogP contribution is -2.48. The van der Waals surface area contributed by atoms with Crippen molar-refractivity contribution in [2.75, 3.05) is 11.4 Å². The molecule has 2 heterocycles. The van der Waals surface area contributed by atoms with Crippen molar-refractivity contribution in [1.82, 2.24) is 9.55 Å². The van der Waals surface area contributed by atoms with Crippen LogP contribution in [0.3, 0.4) is 0 Å². The average molecular weight is 491 g/mol. The zero-order valence-corrected chi connectivity index (χ0v) is 23.5. The first-order valence-electron chi connectivity index (χ1n) is 10.9. The van der Waals surface area contributed by atoms with Crippen LogP contribution in [0.5, 0.6) is 0 Å². The van der Waals surface area contributed by atoms with E-state index in [2.05, 4.69) is 77.6 Å². The van der Waals surface area contributed by atoms with Crippen LogP contribution in [-0.2, 0) is 13.6 Å². The summed E-state index contributed by atoms with van der Waals surface area (Å²) in [5.74, 6) is 0.313. The Morgan fingerprint density at radius 3 is 2.23 bits per heavy atom. The lowest BCUT2D eigenvalue weighted by molar-refractivity contribution is -0.0411. The maximum absolute atomic E-state index is 12.5. The van der Waals surface area contributed by atoms with Crippen molar-refractivity contribution in [3.63, 3.8) is 0 Å². The molecule has 1 N–H and O–H groups in total. The number of aromatic nitrogens is 2. The molecule has 1 fully saturated rings. The van der Waals surface area contributed by atoms with Crippen molar-refractivity contribution < 1.29 is 13.6 Å². The molecule has 0 unspecified atom stereocenters. The van der Waals surface area contributed by atoms with Crippen molar-refractivity contribution in [2.45, 2.75) is 103 Å². The average Bonchev–Trinajstić information content (AvgIpc) is 2.99. The number of ether oxygens (including phenoxy) is 1. The van der Waals surface area contributed by atoms with E-state index in [4.69, 9.17) is 25.4 Å². The van der Waals surface area contributed by atoms with Gasteiger partial charge in [-0.15, -0.1) is 0 Å². The molecular formula is C21H40ClN3O4Si2. The molecule has 0 aromatic carbocycles. The summed E-state index contributed by atoms with van der Waals surface area (Å²) in [6.45, 7) is 22.7. The highest BCUT2D eigenvalue weighted by Gasteiger charge is 2.46. The Labute approximate surface area is 194 Å². The monoisotopic (exact) mass is 490 g/mol. The van der Waals surface area contributed by atoms with Crippen LogP contribution in [0.2, 0.25) is 36.3 Å². The van der Waals surface area contributed by atoms with Gasteiger partial charge in [0.15, 0.2) is 16.6 Å². The van der Waals surface area contributed by atoms with E-state index in [1.807, 2.05) is 0 Å². The quantitative estimate of drug-likeness (QED) is 0.308. The van der Waals surface area contributed by atoms with Crippen LogP contribution in [0.4, 0.5) is 5.82 Å². The van der Waals surface area contributed by atoms with Gasteiger partial charge in [0, 0.05) is 24.4 Å². The fraction of sp³-hybridized carbons (Fsp3) is 0.810. The summed E-state index contributed by atoms with van der Waals surface area (Å²) in [5.41, 5.74) is -0.410. The Morgan fingerprint density at radius 2 is 1.74 bits per heavy atom. The van der Waals surface area contributed by atoms with Crippen LogP contribution in [0.15, 0.2) is 17.1 Å². The second-order valence-corrected chi connectivity index (χ2v) is 21.2. The highest BCUT2D eigenvalue weighted by Crippen LogP contribution is 2.42. The molecule has 0 amide bonds. The minimum atomic E-state index is -2.04. The van der Waals surface area contributed by atoms with E-state index < -0.39 is 28.6 Å². The molecule has 0 aliphatic carbocycles. The molecule has 2 rings (SSSR count). The third kappa shape index (κ3) is 6.20. The molecule has 10 heteroatoms. The van der Waals surface area contributed by atoms with Crippen molar-refractivity contribution >= 4 is 34.2 Å². The Balaban J connectivity index is 2.28. The predicted octanol–water partition coefficient (Wildman–Crippen LogP) is 5.51. The first-order chi connectivity index (χ1) is 14.0. The van der Waals surface area contributed by atoms with E-state index in [0.717, 1.165) is 0 Å². The summed E-state index contributed by atoms with van der Waals surface area (Å²) < 4.78 is 21.1. The number of hydrogen-bond donors (Lipinski definition) is 1. The fourth-order valence-corrected chi connectivity index (χ4v) is 5.37. The number of anilines is 1. The Morgan fingerprint density at radius 1 is 1.16 bits per heavy atom. The molecule has 31 heavy (non-hydrogen) atoms. The number of halogens is 1. The Bertz CT molecular complexity index is 818.